The first-order chi connectivity index (χ1) is 33.0. The third-order valence-corrected chi connectivity index (χ3v) is 17.9. The summed E-state index contributed by atoms with van der Waals surface area (Å²) < 4.78 is 2.64. The van der Waals surface area contributed by atoms with Crippen LogP contribution in [0, 0.1) is 7.14 Å². The second kappa shape index (κ2) is 14.6. The van der Waals surface area contributed by atoms with Gasteiger partial charge in [-0.3, -0.25) is 0 Å². The number of anilines is 4. The molecule has 320 valence electrons. The number of rotatable bonds is 6. The summed E-state index contributed by atoms with van der Waals surface area (Å²) in [5, 5.41) is 3.68. The third kappa shape index (κ3) is 5.30. The van der Waals surface area contributed by atoms with Crippen molar-refractivity contribution in [3.05, 3.63) is 276 Å². The Balaban J connectivity index is 0.738. The Kier molecular flexibility index (Phi) is 8.49. The summed E-state index contributed by atoms with van der Waals surface area (Å²) in [7, 11) is 0. The van der Waals surface area contributed by atoms with Crippen LogP contribution in [0.25, 0.3) is 39.0 Å². The summed E-state index contributed by atoms with van der Waals surface area (Å²) in [5.41, 5.74) is 24.4. The normalized spacial score (nSPS) is 16.9. The van der Waals surface area contributed by atoms with Gasteiger partial charge in [0.25, 0.3) is 0 Å². The number of hydrazine groups is 2. The first kappa shape index (κ1) is 38.9. The average molecular weight is 972 g/mol. The molecule has 9 aromatic rings. The summed E-state index contributed by atoms with van der Waals surface area (Å²) in [5.74, 6) is 14.1. The molecule has 0 radical (unpaired) electrons. The Bertz CT molecular complexity index is 3540. The van der Waals surface area contributed by atoms with Crippen LogP contribution in [0.1, 0.15) is 57.3 Å². The van der Waals surface area contributed by atoms with E-state index in [1.807, 2.05) is 10.0 Å². The molecular formula is C62H44IN4-. The zero-order valence-electron chi connectivity index (χ0n) is 36.6. The second-order valence-electron chi connectivity index (χ2n) is 18.3. The quantitative estimate of drug-likeness (QED) is 0.0990. The number of hydrogen-bond donors (Lipinski definition) is 2. The van der Waals surface area contributed by atoms with Crippen LogP contribution in [0.2, 0.25) is 0 Å². The first-order valence-electron chi connectivity index (χ1n) is 23.2. The fourth-order valence-corrected chi connectivity index (χ4v) is 14.7. The van der Waals surface area contributed by atoms with Crippen LogP contribution in [-0.2, 0) is 10.8 Å². The van der Waals surface area contributed by atoms with Crippen molar-refractivity contribution in [2.24, 2.45) is 11.7 Å². The van der Waals surface area contributed by atoms with Gasteiger partial charge in [-0.25, -0.2) is 0 Å². The fourth-order valence-electron chi connectivity index (χ4n) is 12.5. The van der Waals surface area contributed by atoms with Crippen molar-refractivity contribution in [2.75, 3.05) is 10.0 Å². The molecule has 14 rings (SSSR count). The Labute approximate surface area is 401 Å². The van der Waals surface area contributed by atoms with E-state index >= 15 is 0 Å². The van der Waals surface area contributed by atoms with Crippen molar-refractivity contribution in [3.63, 3.8) is 0 Å². The SMILES string of the molecule is NN(c1ccc([I-]c2ccc(N(N)c3ccc4c(c3)C3(c5ccccc5-c5ccccc53)c3ccccc3-4)cc2)cc1)c1ccc2c(c1)C1(C3=C(CCC=C3)c3ccccc31)c1ccccc1-2. The Morgan fingerprint density at radius 2 is 0.716 bits per heavy atom. The molecule has 4 nitrogen and oxygen atoms in total. The molecule has 0 bridgehead atoms. The predicted octanol–water partition coefficient (Wildman–Crippen LogP) is 10.6. The van der Waals surface area contributed by atoms with E-state index in [2.05, 4.69) is 218 Å². The maximum atomic E-state index is 7.05. The van der Waals surface area contributed by atoms with Crippen LogP contribution in [0.4, 0.5) is 22.7 Å². The van der Waals surface area contributed by atoms with Gasteiger partial charge in [-0.2, -0.15) is 0 Å². The zero-order chi connectivity index (χ0) is 44.4. The van der Waals surface area contributed by atoms with Crippen LogP contribution in [-0.4, -0.2) is 0 Å². The van der Waals surface area contributed by atoms with E-state index in [4.69, 9.17) is 11.7 Å². The van der Waals surface area contributed by atoms with Gasteiger partial charge in [0, 0.05) is 0 Å². The monoisotopic (exact) mass is 971 g/mol. The first-order valence-corrected chi connectivity index (χ1v) is 25.3. The van der Waals surface area contributed by atoms with Crippen molar-refractivity contribution in [3.8, 4) is 33.4 Å². The van der Waals surface area contributed by atoms with Gasteiger partial charge >= 0.3 is 379 Å². The standard InChI is InChI=1S/C62H44IN4/c64-66(43-33-35-51-49-17-5-11-23-57(49)61(59(51)37-43)53-19-7-1-13-45(53)46-14-2-8-20-54(46)61)41-29-25-39(26-30-41)63-40-27-31-42(32-28-40)67(65)44-34-36-52-50-18-6-12-24-58(50)62(60(52)38-44)55-21-9-3-15-47(55)48-16-4-10-22-56(48)62/h1-3,5-15,17-38H,4,16,64-65H2/q-1. The molecule has 4 N–H and O–H groups in total. The maximum absolute atomic E-state index is 7.05. The van der Waals surface area contributed by atoms with Crippen molar-refractivity contribution in [1.82, 2.24) is 0 Å². The molecule has 0 amide bonds. The zero-order valence-corrected chi connectivity index (χ0v) is 38.8. The van der Waals surface area contributed by atoms with E-state index in [0.29, 0.717) is 0 Å². The van der Waals surface area contributed by atoms with E-state index in [9.17, 15) is 0 Å². The van der Waals surface area contributed by atoms with Gasteiger partial charge in [0.15, 0.2) is 0 Å². The number of halogens is 1. The van der Waals surface area contributed by atoms with E-state index in [1.165, 1.54) is 96.2 Å². The van der Waals surface area contributed by atoms with Crippen LogP contribution < -0.4 is 42.9 Å². The molecule has 0 fully saturated rings. The van der Waals surface area contributed by atoms with Crippen LogP contribution in [0.3, 0.4) is 0 Å². The summed E-state index contributed by atoms with van der Waals surface area (Å²) in [6.45, 7) is 0. The number of nitrogens with two attached hydrogens (primary N) is 2. The molecule has 0 saturated heterocycles. The Morgan fingerprint density at radius 3 is 1.18 bits per heavy atom. The molecule has 5 heteroatoms. The molecule has 67 heavy (non-hydrogen) atoms. The van der Waals surface area contributed by atoms with Gasteiger partial charge in [-0.15, -0.1) is 0 Å². The molecule has 0 heterocycles. The minimum atomic E-state index is -0.444. The molecule has 5 aliphatic carbocycles. The Hall–Kier alpha value is -7.29. The Morgan fingerprint density at radius 1 is 0.358 bits per heavy atom. The van der Waals surface area contributed by atoms with Gasteiger partial charge in [0.05, 0.1) is 0 Å². The summed E-state index contributed by atoms with van der Waals surface area (Å²) >= 11 is -0.444. The van der Waals surface area contributed by atoms with Crippen molar-refractivity contribution < 1.29 is 21.2 Å². The minimum absolute atomic E-state index is 0.359. The van der Waals surface area contributed by atoms with Crippen molar-refractivity contribution in [1.29, 1.82) is 0 Å². The number of allylic oxidation sites excluding steroid dienone is 4. The molecule has 1 atom stereocenters. The molecule has 0 aliphatic heterocycles. The molecule has 9 aromatic carbocycles. The van der Waals surface area contributed by atoms with Gasteiger partial charge in [-0.05, 0) is 6.42 Å². The molecule has 0 saturated carbocycles. The molecule has 5 aliphatic rings. The summed E-state index contributed by atoms with van der Waals surface area (Å²) in [6.07, 6.45) is 6.89. The summed E-state index contributed by atoms with van der Waals surface area (Å²) in [6, 6.07) is 76.0. The van der Waals surface area contributed by atoms with Crippen molar-refractivity contribution >= 4 is 28.3 Å². The van der Waals surface area contributed by atoms with E-state index in [-0.39, 0.29) is 5.41 Å². The van der Waals surface area contributed by atoms with Crippen LogP contribution >= 0.6 is 0 Å². The number of benzene rings is 9. The van der Waals surface area contributed by atoms with Gasteiger partial charge in [0.1, 0.15) is 0 Å². The van der Waals surface area contributed by atoms with E-state index < -0.39 is 26.6 Å². The topological polar surface area (TPSA) is 58.5 Å². The predicted molar refractivity (Wildman–Crippen MR) is 269 cm³/mol. The fraction of sp³-hybridized carbons (Fsp3) is 0.0645. The number of fused-ring (bicyclic) bond motifs is 19. The molecule has 1 unspecified atom stereocenters. The van der Waals surface area contributed by atoms with Crippen LogP contribution in [0.15, 0.2) is 224 Å². The van der Waals surface area contributed by atoms with Crippen molar-refractivity contribution in [2.45, 2.75) is 23.7 Å². The average Bonchev–Trinajstić information content (AvgIpc) is 4.07. The summed E-state index contributed by atoms with van der Waals surface area (Å²) in [4.78, 5) is 0. The van der Waals surface area contributed by atoms with Crippen LogP contribution in [0.5, 0.6) is 0 Å². The van der Waals surface area contributed by atoms with Gasteiger partial charge in [0.2, 0.25) is 0 Å². The molecule has 2 spiro atoms. The number of hydrogen-bond acceptors (Lipinski definition) is 4. The molecule has 0 aromatic heterocycles. The third-order valence-electron chi connectivity index (χ3n) is 15.2. The van der Waals surface area contributed by atoms with E-state index in [1.54, 1.807) is 0 Å². The second-order valence-corrected chi connectivity index (χ2v) is 21.3. The van der Waals surface area contributed by atoms with Gasteiger partial charge < -0.3 is 0 Å². The van der Waals surface area contributed by atoms with E-state index in [0.717, 1.165) is 35.6 Å². The molecular weight excluding hydrogens is 928 g/mol. The van der Waals surface area contributed by atoms with Gasteiger partial charge in [-0.1, -0.05) is 18.2 Å². The number of nitrogens with zero attached hydrogens (tertiary/aromatic N) is 2.